The number of rotatable bonds is 5. The molecule has 10 heteroatoms. The standard InChI is InChI=1S/C23H16F3N3O3S/c24-23(25,26)20-9-5-14(12-27-20)13-28-21(30)10-8-15-6-7-16(33-15)11-19-22(31)29-17-3-1-2-4-18(17)32-19/h1-12H,13H2,(H,28,30)(H,29,31)/b10-8+,19-11-. The summed E-state index contributed by atoms with van der Waals surface area (Å²) in [7, 11) is 0. The number of para-hydroxylation sites is 2. The number of thiophene rings is 1. The summed E-state index contributed by atoms with van der Waals surface area (Å²) < 4.78 is 43.3. The first-order valence-electron chi connectivity index (χ1n) is 9.66. The Labute approximate surface area is 190 Å². The van der Waals surface area contributed by atoms with Gasteiger partial charge in [0, 0.05) is 34.6 Å². The van der Waals surface area contributed by atoms with Crippen molar-refractivity contribution in [3.05, 3.63) is 87.6 Å². The monoisotopic (exact) mass is 471 g/mol. The normalized spacial score (nSPS) is 14.6. The van der Waals surface area contributed by atoms with E-state index < -0.39 is 17.8 Å². The maximum absolute atomic E-state index is 12.5. The number of amides is 2. The number of benzene rings is 1. The van der Waals surface area contributed by atoms with Crippen LogP contribution in [0.1, 0.15) is 21.0 Å². The molecular formula is C23H16F3N3O3S. The van der Waals surface area contributed by atoms with Gasteiger partial charge in [-0.25, -0.2) is 0 Å². The van der Waals surface area contributed by atoms with E-state index in [1.54, 1.807) is 48.6 Å². The average molecular weight is 471 g/mol. The number of fused-ring (bicyclic) bond motifs is 1. The minimum absolute atomic E-state index is 0.0457. The van der Waals surface area contributed by atoms with Gasteiger partial charge in [0.1, 0.15) is 5.69 Å². The third kappa shape index (κ3) is 5.66. The second-order valence-corrected chi connectivity index (χ2v) is 8.05. The number of pyridine rings is 1. The number of aromatic nitrogens is 1. The Balaban J connectivity index is 1.33. The molecule has 0 saturated heterocycles. The SMILES string of the molecule is O=C(/C=C/c1ccc(/C=C2\Oc3ccccc3NC2=O)s1)NCc1ccc(C(F)(F)F)nc1. The highest BCUT2D eigenvalue weighted by molar-refractivity contribution is 7.13. The molecule has 0 atom stereocenters. The van der Waals surface area contributed by atoms with E-state index in [2.05, 4.69) is 15.6 Å². The highest BCUT2D eigenvalue weighted by Crippen LogP contribution is 2.31. The molecule has 3 aromatic rings. The smallest absolute Gasteiger partial charge is 0.433 e. The van der Waals surface area contributed by atoms with Gasteiger partial charge >= 0.3 is 6.18 Å². The number of hydrogen-bond donors (Lipinski definition) is 2. The maximum Gasteiger partial charge on any atom is 0.433 e. The van der Waals surface area contributed by atoms with Gasteiger partial charge in [-0.15, -0.1) is 11.3 Å². The summed E-state index contributed by atoms with van der Waals surface area (Å²) in [6.45, 7) is 0.0457. The molecule has 0 fully saturated rings. The molecule has 4 rings (SSSR count). The maximum atomic E-state index is 12.5. The van der Waals surface area contributed by atoms with Crippen molar-refractivity contribution in [2.24, 2.45) is 0 Å². The van der Waals surface area contributed by atoms with Crippen molar-refractivity contribution in [3.8, 4) is 5.75 Å². The minimum atomic E-state index is -4.50. The van der Waals surface area contributed by atoms with Crippen LogP contribution in [-0.4, -0.2) is 16.8 Å². The van der Waals surface area contributed by atoms with Gasteiger partial charge in [-0.3, -0.25) is 14.6 Å². The Hall–Kier alpha value is -3.92. The first kappa shape index (κ1) is 22.3. The number of carbonyl (C=O) groups excluding carboxylic acids is 2. The van der Waals surface area contributed by atoms with Crippen LogP contribution in [0.25, 0.3) is 12.2 Å². The van der Waals surface area contributed by atoms with Gasteiger partial charge < -0.3 is 15.4 Å². The zero-order chi connectivity index (χ0) is 23.4. The summed E-state index contributed by atoms with van der Waals surface area (Å²) in [6, 6.07) is 12.8. The molecular weight excluding hydrogens is 455 g/mol. The van der Waals surface area contributed by atoms with Crippen molar-refractivity contribution in [2.75, 3.05) is 5.32 Å². The molecule has 1 aromatic carbocycles. The number of hydrogen-bond acceptors (Lipinski definition) is 5. The van der Waals surface area contributed by atoms with Gasteiger partial charge in [-0.1, -0.05) is 18.2 Å². The van der Waals surface area contributed by atoms with Crippen molar-refractivity contribution >= 4 is 41.0 Å². The quantitative estimate of drug-likeness (QED) is 0.521. The van der Waals surface area contributed by atoms with E-state index in [0.717, 1.165) is 22.0 Å². The first-order chi connectivity index (χ1) is 15.8. The van der Waals surface area contributed by atoms with E-state index >= 15 is 0 Å². The second-order valence-electron chi connectivity index (χ2n) is 6.90. The van der Waals surface area contributed by atoms with E-state index in [1.807, 2.05) is 0 Å². The van der Waals surface area contributed by atoms with Crippen molar-refractivity contribution in [2.45, 2.75) is 12.7 Å². The zero-order valence-electron chi connectivity index (χ0n) is 16.8. The molecule has 3 heterocycles. The van der Waals surface area contributed by atoms with Gasteiger partial charge in [0.05, 0.1) is 5.69 Å². The summed E-state index contributed by atoms with van der Waals surface area (Å²) in [6.07, 6.45) is 1.11. The average Bonchev–Trinajstić information content (AvgIpc) is 3.24. The fourth-order valence-corrected chi connectivity index (χ4v) is 3.72. The molecule has 0 unspecified atom stereocenters. The van der Waals surface area contributed by atoms with Crippen molar-refractivity contribution in [1.82, 2.24) is 10.3 Å². The molecule has 0 bridgehead atoms. The first-order valence-corrected chi connectivity index (χ1v) is 10.5. The third-order valence-electron chi connectivity index (χ3n) is 4.48. The van der Waals surface area contributed by atoms with E-state index in [-0.39, 0.29) is 18.2 Å². The molecule has 168 valence electrons. The van der Waals surface area contributed by atoms with Crippen LogP contribution in [0.3, 0.4) is 0 Å². The largest absolute Gasteiger partial charge is 0.449 e. The lowest BCUT2D eigenvalue weighted by molar-refractivity contribution is -0.141. The molecule has 2 N–H and O–H groups in total. The van der Waals surface area contributed by atoms with Gasteiger partial charge in [-0.05, 0) is 42.0 Å². The summed E-state index contributed by atoms with van der Waals surface area (Å²) in [4.78, 5) is 29.1. The summed E-state index contributed by atoms with van der Waals surface area (Å²) in [5, 5.41) is 5.35. The molecule has 2 aromatic heterocycles. The third-order valence-corrected chi connectivity index (χ3v) is 5.48. The second kappa shape index (κ2) is 9.29. The Kier molecular flexibility index (Phi) is 6.27. The lowest BCUT2D eigenvalue weighted by Crippen LogP contribution is -2.23. The fourth-order valence-electron chi connectivity index (χ4n) is 2.87. The molecule has 6 nitrogen and oxygen atoms in total. The Morgan fingerprint density at radius 1 is 1.12 bits per heavy atom. The molecule has 2 amide bonds. The predicted octanol–water partition coefficient (Wildman–Crippen LogP) is 4.86. The number of carbonyl (C=O) groups is 2. The Morgan fingerprint density at radius 2 is 1.91 bits per heavy atom. The number of nitrogens with zero attached hydrogens (tertiary/aromatic N) is 1. The Bertz CT molecular complexity index is 1250. The van der Waals surface area contributed by atoms with E-state index in [9.17, 15) is 22.8 Å². The van der Waals surface area contributed by atoms with Crippen LogP contribution in [-0.2, 0) is 22.3 Å². The highest BCUT2D eigenvalue weighted by Gasteiger charge is 2.32. The topological polar surface area (TPSA) is 80.3 Å². The van der Waals surface area contributed by atoms with Crippen LogP contribution >= 0.6 is 11.3 Å². The van der Waals surface area contributed by atoms with Crippen LogP contribution < -0.4 is 15.4 Å². The predicted molar refractivity (Wildman–Crippen MR) is 118 cm³/mol. The highest BCUT2D eigenvalue weighted by atomic mass is 32.1. The van der Waals surface area contributed by atoms with Gasteiger partial charge in [-0.2, -0.15) is 13.2 Å². The summed E-state index contributed by atoms with van der Waals surface area (Å²) in [5.41, 5.74) is 0.0657. The molecule has 0 saturated carbocycles. The molecule has 0 aliphatic carbocycles. The number of ether oxygens (including phenoxy) is 1. The number of halogens is 3. The van der Waals surface area contributed by atoms with Crippen LogP contribution in [0.2, 0.25) is 0 Å². The molecule has 1 aliphatic heterocycles. The van der Waals surface area contributed by atoms with Crippen LogP contribution in [0.5, 0.6) is 5.75 Å². The van der Waals surface area contributed by atoms with E-state index in [4.69, 9.17) is 4.74 Å². The number of anilines is 1. The summed E-state index contributed by atoms with van der Waals surface area (Å²) >= 11 is 1.35. The van der Waals surface area contributed by atoms with Crippen LogP contribution in [0.15, 0.2) is 66.6 Å². The zero-order valence-corrected chi connectivity index (χ0v) is 17.7. The van der Waals surface area contributed by atoms with Crippen LogP contribution in [0.4, 0.5) is 18.9 Å². The lowest BCUT2D eigenvalue weighted by Gasteiger charge is -2.19. The summed E-state index contributed by atoms with van der Waals surface area (Å²) in [5.74, 6) is -0.0416. The van der Waals surface area contributed by atoms with Crippen molar-refractivity contribution in [1.29, 1.82) is 0 Å². The van der Waals surface area contributed by atoms with E-state index in [0.29, 0.717) is 17.0 Å². The molecule has 33 heavy (non-hydrogen) atoms. The Morgan fingerprint density at radius 3 is 2.67 bits per heavy atom. The number of alkyl halides is 3. The fraction of sp³-hybridized carbons (Fsp3) is 0.0870. The molecule has 1 aliphatic rings. The van der Waals surface area contributed by atoms with Crippen molar-refractivity contribution < 1.29 is 27.5 Å². The van der Waals surface area contributed by atoms with Gasteiger partial charge in [0.25, 0.3) is 5.91 Å². The van der Waals surface area contributed by atoms with Gasteiger partial charge in [0.2, 0.25) is 5.91 Å². The number of nitrogens with one attached hydrogen (secondary N) is 2. The molecule has 0 radical (unpaired) electrons. The van der Waals surface area contributed by atoms with Crippen LogP contribution in [0, 0.1) is 0 Å². The molecule has 0 spiro atoms. The van der Waals surface area contributed by atoms with E-state index in [1.165, 1.54) is 23.5 Å². The minimum Gasteiger partial charge on any atom is -0.449 e. The van der Waals surface area contributed by atoms with Gasteiger partial charge in [0.15, 0.2) is 11.5 Å². The lowest BCUT2D eigenvalue weighted by atomic mass is 10.2. The van der Waals surface area contributed by atoms with Crippen molar-refractivity contribution in [3.63, 3.8) is 0 Å².